The second kappa shape index (κ2) is 26.0. The number of allylic oxidation sites excluding steroid dienone is 4. The summed E-state index contributed by atoms with van der Waals surface area (Å²) in [6.45, 7) is 4.42. The Balaban J connectivity index is 3.86. The van der Waals surface area contributed by atoms with Crippen LogP contribution in [-0.4, -0.2) is 23.1 Å². The molecule has 0 aromatic carbocycles. The Morgan fingerprint density at radius 1 is 0.647 bits per heavy atom. The number of rotatable bonds is 25. The van der Waals surface area contributed by atoms with E-state index < -0.39 is 5.97 Å². The minimum absolute atomic E-state index is 0.00228. The zero-order valence-corrected chi connectivity index (χ0v) is 22.4. The predicted octanol–water partition coefficient (Wildman–Crippen LogP) is 9.33. The van der Waals surface area contributed by atoms with E-state index >= 15 is 0 Å². The van der Waals surface area contributed by atoms with Crippen molar-refractivity contribution in [1.29, 1.82) is 0 Å². The van der Waals surface area contributed by atoms with Gasteiger partial charge in [0.2, 0.25) is 0 Å². The van der Waals surface area contributed by atoms with Crippen LogP contribution in [0.5, 0.6) is 0 Å². The Kier molecular flexibility index (Phi) is 24.8. The molecule has 0 saturated heterocycles. The number of hydrogen-bond acceptors (Lipinski definition) is 3. The number of unbranched alkanes of at least 4 members (excludes halogenated alkanes) is 12. The minimum atomic E-state index is -0.732. The number of carboxylic acids is 1. The first-order valence-corrected chi connectivity index (χ1v) is 14.3. The van der Waals surface area contributed by atoms with E-state index in [-0.39, 0.29) is 18.5 Å². The van der Waals surface area contributed by atoms with Gasteiger partial charge in [0.15, 0.2) is 0 Å². The van der Waals surface area contributed by atoms with Crippen LogP contribution in [-0.2, 0) is 14.3 Å². The van der Waals surface area contributed by atoms with Crippen molar-refractivity contribution in [3.05, 3.63) is 24.3 Å². The Hall–Kier alpha value is -1.58. The third-order valence-electron chi connectivity index (χ3n) is 6.18. The van der Waals surface area contributed by atoms with Gasteiger partial charge >= 0.3 is 11.9 Å². The number of ether oxygens (including phenoxy) is 1. The van der Waals surface area contributed by atoms with E-state index in [0.29, 0.717) is 12.8 Å². The maximum atomic E-state index is 12.3. The van der Waals surface area contributed by atoms with Crippen LogP contribution >= 0.6 is 0 Å². The fourth-order valence-electron chi connectivity index (χ4n) is 4.02. The van der Waals surface area contributed by atoms with E-state index in [0.717, 1.165) is 57.8 Å². The topological polar surface area (TPSA) is 63.6 Å². The summed E-state index contributed by atoms with van der Waals surface area (Å²) in [5.74, 6) is -0.787. The van der Waals surface area contributed by atoms with Gasteiger partial charge in [0.1, 0.15) is 6.10 Å². The van der Waals surface area contributed by atoms with Crippen molar-refractivity contribution in [1.82, 2.24) is 0 Å². The Morgan fingerprint density at radius 3 is 1.82 bits per heavy atom. The monoisotopic (exact) mass is 478 g/mol. The first-order valence-electron chi connectivity index (χ1n) is 14.3. The molecule has 0 amide bonds. The molecule has 0 bridgehead atoms. The lowest BCUT2D eigenvalue weighted by atomic mass is 10.0. The fraction of sp³-hybridized carbons (Fsp3) is 0.800. The molecule has 1 unspecified atom stereocenters. The molecule has 0 fully saturated rings. The third-order valence-corrected chi connectivity index (χ3v) is 6.18. The first kappa shape index (κ1) is 32.4. The molecular weight excluding hydrogens is 424 g/mol. The van der Waals surface area contributed by atoms with Gasteiger partial charge in [0.05, 0.1) is 0 Å². The van der Waals surface area contributed by atoms with Gasteiger partial charge in [-0.05, 0) is 64.2 Å². The van der Waals surface area contributed by atoms with Gasteiger partial charge in [-0.2, -0.15) is 0 Å². The largest absolute Gasteiger partial charge is 0.481 e. The molecule has 0 aromatic rings. The van der Waals surface area contributed by atoms with Crippen LogP contribution in [0.1, 0.15) is 149 Å². The Bertz CT molecular complexity index is 524. The summed E-state index contributed by atoms with van der Waals surface area (Å²) in [5, 5.41) is 8.76. The molecule has 4 nitrogen and oxygen atoms in total. The average Bonchev–Trinajstić information content (AvgIpc) is 2.81. The maximum Gasteiger partial charge on any atom is 0.306 e. The molecule has 34 heavy (non-hydrogen) atoms. The fourth-order valence-corrected chi connectivity index (χ4v) is 4.02. The molecule has 0 heterocycles. The van der Waals surface area contributed by atoms with Gasteiger partial charge in [-0.15, -0.1) is 0 Å². The summed E-state index contributed by atoms with van der Waals surface area (Å²) in [7, 11) is 0. The van der Waals surface area contributed by atoms with Crippen LogP contribution < -0.4 is 0 Å². The highest BCUT2D eigenvalue weighted by atomic mass is 16.5. The second-order valence-corrected chi connectivity index (χ2v) is 9.58. The SMILES string of the molecule is CCCC/C=C\C/C=C\CCCCCCCC(=O)OC(CCCCCC)CCCCCC(=O)O. The zero-order valence-electron chi connectivity index (χ0n) is 22.4. The van der Waals surface area contributed by atoms with Crippen LogP contribution in [0, 0.1) is 0 Å². The third kappa shape index (κ3) is 25.1. The molecule has 0 aromatic heterocycles. The number of carbonyl (C=O) groups excluding carboxylic acids is 1. The van der Waals surface area contributed by atoms with Crippen molar-refractivity contribution in [2.75, 3.05) is 0 Å². The summed E-state index contributed by atoms with van der Waals surface area (Å²) in [6, 6.07) is 0. The van der Waals surface area contributed by atoms with Crippen molar-refractivity contribution in [3.63, 3.8) is 0 Å². The van der Waals surface area contributed by atoms with E-state index in [2.05, 4.69) is 38.2 Å². The summed E-state index contributed by atoms with van der Waals surface area (Å²) >= 11 is 0. The number of carbonyl (C=O) groups is 2. The standard InChI is InChI=1S/C30H54O4/c1-3-5-7-9-10-11-12-13-14-15-16-17-18-23-27-30(33)34-28(24-20-8-6-4-2)25-21-19-22-26-29(31)32/h9-10,12-13,28H,3-8,11,14-27H2,1-2H3,(H,31,32)/b10-9-,13-12-. The molecule has 4 heteroatoms. The van der Waals surface area contributed by atoms with Crippen molar-refractivity contribution in [2.45, 2.75) is 155 Å². The zero-order chi connectivity index (χ0) is 25.1. The molecule has 0 radical (unpaired) electrons. The van der Waals surface area contributed by atoms with E-state index in [1.54, 1.807) is 0 Å². The molecule has 0 saturated carbocycles. The molecule has 0 rings (SSSR count). The van der Waals surface area contributed by atoms with Gasteiger partial charge < -0.3 is 9.84 Å². The van der Waals surface area contributed by atoms with Gasteiger partial charge in [-0.1, -0.05) is 95.9 Å². The van der Waals surface area contributed by atoms with Crippen molar-refractivity contribution in [3.8, 4) is 0 Å². The van der Waals surface area contributed by atoms with E-state index in [9.17, 15) is 9.59 Å². The molecule has 0 aliphatic carbocycles. The van der Waals surface area contributed by atoms with Crippen molar-refractivity contribution < 1.29 is 19.4 Å². The number of aliphatic carboxylic acids is 1. The summed E-state index contributed by atoms with van der Waals surface area (Å²) in [6.07, 6.45) is 30.5. The quantitative estimate of drug-likeness (QED) is 0.0806. The predicted molar refractivity (Wildman–Crippen MR) is 144 cm³/mol. The van der Waals surface area contributed by atoms with Crippen LogP contribution in [0.25, 0.3) is 0 Å². The van der Waals surface area contributed by atoms with E-state index in [4.69, 9.17) is 9.84 Å². The molecule has 1 atom stereocenters. The number of carboxylic acid groups (broad SMARTS) is 1. The molecular formula is C30H54O4. The number of esters is 1. The smallest absolute Gasteiger partial charge is 0.306 e. The van der Waals surface area contributed by atoms with Gasteiger partial charge in [-0.3, -0.25) is 9.59 Å². The normalized spacial score (nSPS) is 12.5. The average molecular weight is 479 g/mol. The summed E-state index contributed by atoms with van der Waals surface area (Å²) in [4.78, 5) is 23.0. The number of hydrogen-bond donors (Lipinski definition) is 1. The first-order chi connectivity index (χ1) is 16.6. The van der Waals surface area contributed by atoms with Crippen LogP contribution in [0.2, 0.25) is 0 Å². The van der Waals surface area contributed by atoms with E-state index in [1.165, 1.54) is 57.8 Å². The summed E-state index contributed by atoms with van der Waals surface area (Å²) in [5.41, 5.74) is 0. The van der Waals surface area contributed by atoms with Crippen LogP contribution in [0.3, 0.4) is 0 Å². The lowest BCUT2D eigenvalue weighted by Gasteiger charge is -2.18. The van der Waals surface area contributed by atoms with Crippen LogP contribution in [0.15, 0.2) is 24.3 Å². The lowest BCUT2D eigenvalue weighted by molar-refractivity contribution is -0.150. The highest BCUT2D eigenvalue weighted by Gasteiger charge is 2.14. The molecule has 198 valence electrons. The lowest BCUT2D eigenvalue weighted by Crippen LogP contribution is -2.18. The van der Waals surface area contributed by atoms with Crippen molar-refractivity contribution >= 4 is 11.9 Å². The Labute approximate surface area is 210 Å². The molecule has 0 aliphatic heterocycles. The minimum Gasteiger partial charge on any atom is -0.481 e. The highest BCUT2D eigenvalue weighted by molar-refractivity contribution is 5.69. The molecule has 0 spiro atoms. The van der Waals surface area contributed by atoms with Gasteiger partial charge in [-0.25, -0.2) is 0 Å². The summed E-state index contributed by atoms with van der Waals surface area (Å²) < 4.78 is 5.80. The van der Waals surface area contributed by atoms with Crippen LogP contribution in [0.4, 0.5) is 0 Å². The Morgan fingerprint density at radius 2 is 1.18 bits per heavy atom. The maximum absolute atomic E-state index is 12.3. The highest BCUT2D eigenvalue weighted by Crippen LogP contribution is 2.17. The van der Waals surface area contributed by atoms with E-state index in [1.807, 2.05) is 0 Å². The van der Waals surface area contributed by atoms with Crippen molar-refractivity contribution in [2.24, 2.45) is 0 Å². The van der Waals surface area contributed by atoms with Gasteiger partial charge in [0, 0.05) is 12.8 Å². The molecule has 1 N–H and O–H groups in total. The van der Waals surface area contributed by atoms with Gasteiger partial charge in [0.25, 0.3) is 0 Å². The molecule has 0 aliphatic rings. The second-order valence-electron chi connectivity index (χ2n) is 9.58.